The van der Waals surface area contributed by atoms with Gasteiger partial charge in [-0.2, -0.15) is 0 Å². The second-order valence-electron chi connectivity index (χ2n) is 14.4. The highest BCUT2D eigenvalue weighted by Gasteiger charge is 2.37. The summed E-state index contributed by atoms with van der Waals surface area (Å²) in [6.07, 6.45) is 9.01. The Labute approximate surface area is 240 Å². The monoisotopic (exact) mass is 556 g/mol. The average Bonchev–Trinajstić information content (AvgIpc) is 3.19. The van der Waals surface area contributed by atoms with Crippen molar-refractivity contribution in [3.63, 3.8) is 0 Å². The maximum Gasteiger partial charge on any atom is 0.249 e. The van der Waals surface area contributed by atoms with E-state index in [0.29, 0.717) is 11.7 Å². The zero-order valence-electron chi connectivity index (χ0n) is 25.5. The standard InChI is InChI=1S/C33H52N2O3S/c1-23-27(31(36)34-26-15-17-38-18-16-26)20-29(35(23)21-24-11-9-8-10-12-24)25-13-14-30(28(19-25)33(5,6)7)39(37)22-32(2,3)4/h13-14,19,24,26,29H,8-12,15-18,20-22H2,1-7H3,(H,34,36). The van der Waals surface area contributed by atoms with E-state index in [4.69, 9.17) is 4.74 Å². The normalized spacial score (nSPS) is 22.8. The molecule has 1 saturated carbocycles. The fraction of sp³-hybridized carbons (Fsp3) is 0.727. The van der Waals surface area contributed by atoms with Gasteiger partial charge in [0.05, 0.1) is 16.8 Å². The first-order valence-electron chi connectivity index (χ1n) is 15.2. The summed E-state index contributed by atoms with van der Waals surface area (Å²) in [6, 6.07) is 6.94. The van der Waals surface area contributed by atoms with Crippen LogP contribution in [0.3, 0.4) is 0 Å². The minimum Gasteiger partial charge on any atom is -0.381 e. The number of amides is 1. The molecule has 2 atom stereocenters. The number of ether oxygens (including phenoxy) is 1. The molecule has 218 valence electrons. The van der Waals surface area contributed by atoms with Gasteiger partial charge in [-0.25, -0.2) is 0 Å². The lowest BCUT2D eigenvalue weighted by Gasteiger charge is -2.35. The van der Waals surface area contributed by atoms with E-state index in [2.05, 4.69) is 76.9 Å². The Morgan fingerprint density at radius 3 is 2.31 bits per heavy atom. The smallest absolute Gasteiger partial charge is 0.249 e. The summed E-state index contributed by atoms with van der Waals surface area (Å²) in [4.78, 5) is 17.1. The molecule has 1 aromatic carbocycles. The molecular weight excluding hydrogens is 504 g/mol. The first-order valence-corrected chi connectivity index (χ1v) is 16.5. The van der Waals surface area contributed by atoms with Crippen LogP contribution < -0.4 is 5.32 Å². The molecular formula is C33H52N2O3S. The van der Waals surface area contributed by atoms with Gasteiger partial charge < -0.3 is 15.0 Å². The molecule has 6 heteroatoms. The lowest BCUT2D eigenvalue weighted by molar-refractivity contribution is -0.118. The van der Waals surface area contributed by atoms with Gasteiger partial charge in [-0.3, -0.25) is 9.00 Å². The Balaban J connectivity index is 1.65. The van der Waals surface area contributed by atoms with Crippen LogP contribution in [0, 0.1) is 11.3 Å². The summed E-state index contributed by atoms with van der Waals surface area (Å²) in [7, 11) is -1.06. The zero-order chi connectivity index (χ0) is 28.4. The quantitative estimate of drug-likeness (QED) is 0.392. The third-order valence-corrected chi connectivity index (χ3v) is 10.6. The van der Waals surface area contributed by atoms with E-state index in [1.54, 1.807) is 0 Å². The Kier molecular flexibility index (Phi) is 9.69. The summed E-state index contributed by atoms with van der Waals surface area (Å²) in [5.74, 6) is 1.41. The molecule has 3 aliphatic rings. The molecule has 2 unspecified atom stereocenters. The van der Waals surface area contributed by atoms with Crippen molar-refractivity contribution in [2.75, 3.05) is 25.5 Å². The van der Waals surface area contributed by atoms with Gasteiger partial charge in [-0.05, 0) is 66.5 Å². The predicted molar refractivity (Wildman–Crippen MR) is 161 cm³/mol. The minimum atomic E-state index is -1.06. The fourth-order valence-electron chi connectivity index (χ4n) is 6.45. The van der Waals surface area contributed by atoms with Crippen LogP contribution in [0.15, 0.2) is 34.4 Å². The Hall–Kier alpha value is -1.66. The summed E-state index contributed by atoms with van der Waals surface area (Å²) in [5.41, 5.74) is 4.33. The van der Waals surface area contributed by atoms with Crippen LogP contribution in [0.4, 0.5) is 0 Å². The first kappa shape index (κ1) is 30.3. The van der Waals surface area contributed by atoms with E-state index in [1.165, 1.54) is 37.7 Å². The zero-order valence-corrected chi connectivity index (χ0v) is 26.3. The van der Waals surface area contributed by atoms with Gasteiger partial charge in [-0.15, -0.1) is 0 Å². The topological polar surface area (TPSA) is 58.6 Å². The molecule has 2 fully saturated rings. The van der Waals surface area contributed by atoms with Crippen molar-refractivity contribution in [1.82, 2.24) is 10.2 Å². The molecule has 1 saturated heterocycles. The molecule has 4 rings (SSSR count). The molecule has 39 heavy (non-hydrogen) atoms. The highest BCUT2D eigenvalue weighted by molar-refractivity contribution is 7.85. The van der Waals surface area contributed by atoms with Crippen LogP contribution >= 0.6 is 0 Å². The summed E-state index contributed by atoms with van der Waals surface area (Å²) in [5, 5.41) is 3.33. The van der Waals surface area contributed by atoms with Crippen LogP contribution in [0.5, 0.6) is 0 Å². The Morgan fingerprint density at radius 2 is 1.69 bits per heavy atom. The number of rotatable bonds is 7. The average molecular weight is 557 g/mol. The third-order valence-electron chi connectivity index (χ3n) is 8.66. The molecule has 0 spiro atoms. The molecule has 2 aliphatic heterocycles. The van der Waals surface area contributed by atoms with Crippen molar-refractivity contribution in [3.05, 3.63) is 40.6 Å². The van der Waals surface area contributed by atoms with Crippen molar-refractivity contribution in [3.8, 4) is 0 Å². The van der Waals surface area contributed by atoms with Gasteiger partial charge >= 0.3 is 0 Å². The molecule has 1 aromatic rings. The fourth-order valence-corrected chi connectivity index (χ4v) is 8.22. The number of allylic oxidation sites excluding steroid dienone is 1. The number of carbonyl (C=O) groups excluding carboxylic acids is 1. The van der Waals surface area contributed by atoms with Crippen molar-refractivity contribution in [2.24, 2.45) is 11.3 Å². The van der Waals surface area contributed by atoms with Gasteiger partial charge in [0.15, 0.2) is 0 Å². The van der Waals surface area contributed by atoms with Crippen LogP contribution in [0.1, 0.15) is 117 Å². The summed E-state index contributed by atoms with van der Waals surface area (Å²) < 4.78 is 19.0. The molecule has 1 aliphatic carbocycles. The van der Waals surface area contributed by atoms with Crippen molar-refractivity contribution < 1.29 is 13.7 Å². The van der Waals surface area contributed by atoms with Crippen LogP contribution in [-0.2, 0) is 25.7 Å². The Morgan fingerprint density at radius 1 is 1.03 bits per heavy atom. The molecule has 2 heterocycles. The predicted octanol–water partition coefficient (Wildman–Crippen LogP) is 7.03. The lowest BCUT2D eigenvalue weighted by atomic mass is 9.84. The number of hydrogen-bond donors (Lipinski definition) is 1. The van der Waals surface area contributed by atoms with Crippen molar-refractivity contribution >= 4 is 16.7 Å². The van der Waals surface area contributed by atoms with Gasteiger partial charge in [-0.1, -0.05) is 72.9 Å². The van der Waals surface area contributed by atoms with Gasteiger partial charge in [0.1, 0.15) is 0 Å². The molecule has 0 aromatic heterocycles. The second kappa shape index (κ2) is 12.5. The number of hydrogen-bond acceptors (Lipinski definition) is 4. The highest BCUT2D eigenvalue weighted by atomic mass is 32.2. The number of nitrogens with zero attached hydrogens (tertiary/aromatic N) is 1. The summed E-state index contributed by atoms with van der Waals surface area (Å²) in [6.45, 7) is 17.7. The van der Waals surface area contributed by atoms with Crippen LogP contribution in [0.2, 0.25) is 0 Å². The minimum absolute atomic E-state index is 0.00527. The number of carbonyl (C=O) groups is 1. The molecule has 0 radical (unpaired) electrons. The van der Waals surface area contributed by atoms with E-state index in [9.17, 15) is 9.00 Å². The van der Waals surface area contributed by atoms with Crippen LogP contribution in [0.25, 0.3) is 0 Å². The summed E-state index contributed by atoms with van der Waals surface area (Å²) >= 11 is 0. The molecule has 1 N–H and O–H groups in total. The molecule has 1 amide bonds. The molecule has 0 bridgehead atoms. The van der Waals surface area contributed by atoms with E-state index >= 15 is 0 Å². The van der Waals surface area contributed by atoms with E-state index in [0.717, 1.165) is 60.8 Å². The van der Waals surface area contributed by atoms with Gasteiger partial charge in [0.2, 0.25) is 5.91 Å². The third kappa shape index (κ3) is 7.75. The maximum absolute atomic E-state index is 13.6. The lowest BCUT2D eigenvalue weighted by Crippen LogP contribution is -2.39. The van der Waals surface area contributed by atoms with E-state index in [-0.39, 0.29) is 28.8 Å². The number of nitrogens with one attached hydrogen (secondary N) is 1. The van der Waals surface area contributed by atoms with E-state index in [1.807, 2.05) is 0 Å². The molecule has 5 nitrogen and oxygen atoms in total. The maximum atomic E-state index is 13.6. The van der Waals surface area contributed by atoms with Crippen molar-refractivity contribution in [2.45, 2.75) is 122 Å². The number of benzene rings is 1. The van der Waals surface area contributed by atoms with Crippen molar-refractivity contribution in [1.29, 1.82) is 0 Å². The van der Waals surface area contributed by atoms with E-state index < -0.39 is 10.8 Å². The second-order valence-corrected chi connectivity index (χ2v) is 15.8. The Bertz CT molecular complexity index is 1070. The highest BCUT2D eigenvalue weighted by Crippen LogP contribution is 2.43. The van der Waals surface area contributed by atoms with Gasteiger partial charge in [0, 0.05) is 54.1 Å². The first-order chi connectivity index (χ1) is 18.3. The van der Waals surface area contributed by atoms with Crippen LogP contribution in [-0.4, -0.2) is 46.6 Å². The van der Waals surface area contributed by atoms with Gasteiger partial charge in [0.25, 0.3) is 0 Å². The largest absolute Gasteiger partial charge is 0.381 e. The SMILES string of the molecule is CC1=C(C(=O)NC2CCOCC2)CC(c2ccc(S(=O)CC(C)(C)C)c(C(C)(C)C)c2)N1CC1CCCCC1.